The van der Waals surface area contributed by atoms with E-state index in [-0.39, 0.29) is 5.91 Å². The first-order chi connectivity index (χ1) is 13.1. The zero-order valence-electron chi connectivity index (χ0n) is 15.4. The number of benzene rings is 2. The van der Waals surface area contributed by atoms with Crippen LogP contribution in [0.3, 0.4) is 0 Å². The summed E-state index contributed by atoms with van der Waals surface area (Å²) in [6.45, 7) is 4.14. The summed E-state index contributed by atoms with van der Waals surface area (Å²) in [4.78, 5) is 17.0. The highest BCUT2D eigenvalue weighted by atomic mass is 16.5. The van der Waals surface area contributed by atoms with Crippen LogP contribution in [0.5, 0.6) is 11.5 Å². The van der Waals surface area contributed by atoms with Crippen molar-refractivity contribution in [2.75, 3.05) is 13.7 Å². The maximum atomic E-state index is 12.6. The van der Waals surface area contributed by atoms with Gasteiger partial charge in [0.25, 0.3) is 5.91 Å². The van der Waals surface area contributed by atoms with E-state index < -0.39 is 6.04 Å². The van der Waals surface area contributed by atoms with Crippen molar-refractivity contribution in [3.63, 3.8) is 0 Å². The number of nitrogens with zero attached hydrogens (tertiary/aromatic N) is 2. The molecule has 1 heterocycles. The van der Waals surface area contributed by atoms with Gasteiger partial charge in [0.15, 0.2) is 0 Å². The third-order valence-electron chi connectivity index (χ3n) is 3.94. The Kier molecular flexibility index (Phi) is 5.71. The minimum absolute atomic E-state index is 0.268. The van der Waals surface area contributed by atoms with Gasteiger partial charge in [-0.1, -0.05) is 17.3 Å². The standard InChI is InChI=1S/C20H21N3O4/c1-4-26-17-8-6-5-7-16(17)19(24)21-13(2)20-22-18(23-27-20)14-9-11-15(25-3)12-10-14/h5-13H,4H2,1-3H3,(H,21,24)/t13-/m1/s1. The van der Waals surface area contributed by atoms with Crippen molar-refractivity contribution in [2.24, 2.45) is 0 Å². The molecule has 0 bridgehead atoms. The van der Waals surface area contributed by atoms with Crippen LogP contribution in [-0.4, -0.2) is 29.8 Å². The fourth-order valence-corrected chi connectivity index (χ4v) is 2.54. The second kappa shape index (κ2) is 8.35. The Balaban J connectivity index is 1.72. The molecule has 7 nitrogen and oxygen atoms in total. The molecule has 0 unspecified atom stereocenters. The third kappa shape index (κ3) is 4.25. The topological polar surface area (TPSA) is 86.5 Å². The molecule has 0 saturated carbocycles. The molecule has 0 spiro atoms. The predicted octanol–water partition coefficient (Wildman–Crippen LogP) is 3.63. The van der Waals surface area contributed by atoms with E-state index in [0.717, 1.165) is 11.3 Å². The highest BCUT2D eigenvalue weighted by molar-refractivity contribution is 5.97. The van der Waals surface area contributed by atoms with Crippen LogP contribution in [0.2, 0.25) is 0 Å². The number of amides is 1. The summed E-state index contributed by atoms with van der Waals surface area (Å²) in [5, 5.41) is 6.85. The molecule has 2 aromatic carbocycles. The van der Waals surface area contributed by atoms with Gasteiger partial charge in [-0.25, -0.2) is 0 Å². The summed E-state index contributed by atoms with van der Waals surface area (Å²) in [6.07, 6.45) is 0. The van der Waals surface area contributed by atoms with Gasteiger partial charge < -0.3 is 19.3 Å². The lowest BCUT2D eigenvalue weighted by Gasteiger charge is -2.12. The highest BCUT2D eigenvalue weighted by Crippen LogP contribution is 2.23. The smallest absolute Gasteiger partial charge is 0.255 e. The maximum Gasteiger partial charge on any atom is 0.255 e. The molecule has 3 aromatic rings. The summed E-state index contributed by atoms with van der Waals surface area (Å²) in [5.74, 6) is 1.78. The van der Waals surface area contributed by atoms with Crippen LogP contribution in [0.4, 0.5) is 0 Å². The summed E-state index contributed by atoms with van der Waals surface area (Å²) in [7, 11) is 1.61. The number of para-hydroxylation sites is 1. The summed E-state index contributed by atoms with van der Waals surface area (Å²) in [6, 6.07) is 14.0. The molecular weight excluding hydrogens is 346 g/mol. The quantitative estimate of drug-likeness (QED) is 0.686. The van der Waals surface area contributed by atoms with Crippen molar-refractivity contribution >= 4 is 5.91 Å². The lowest BCUT2D eigenvalue weighted by Crippen LogP contribution is -2.27. The van der Waals surface area contributed by atoms with Crippen LogP contribution in [0.25, 0.3) is 11.4 Å². The number of hydrogen-bond donors (Lipinski definition) is 1. The zero-order valence-corrected chi connectivity index (χ0v) is 15.4. The van der Waals surface area contributed by atoms with E-state index >= 15 is 0 Å². The highest BCUT2D eigenvalue weighted by Gasteiger charge is 2.20. The third-order valence-corrected chi connectivity index (χ3v) is 3.94. The Hall–Kier alpha value is -3.35. The van der Waals surface area contributed by atoms with Crippen LogP contribution in [0.15, 0.2) is 53.1 Å². The van der Waals surface area contributed by atoms with Gasteiger partial charge >= 0.3 is 0 Å². The number of rotatable bonds is 7. The molecule has 1 amide bonds. The molecule has 27 heavy (non-hydrogen) atoms. The fraction of sp³-hybridized carbons (Fsp3) is 0.250. The number of aromatic nitrogens is 2. The lowest BCUT2D eigenvalue weighted by molar-refractivity contribution is 0.0928. The van der Waals surface area contributed by atoms with Gasteiger partial charge in [-0.2, -0.15) is 4.98 Å². The number of methoxy groups -OCH3 is 1. The summed E-state index contributed by atoms with van der Waals surface area (Å²) < 4.78 is 16.0. The number of nitrogens with one attached hydrogen (secondary N) is 1. The first kappa shape index (κ1) is 18.4. The first-order valence-corrected chi connectivity index (χ1v) is 8.63. The Bertz CT molecular complexity index is 906. The molecule has 1 atom stereocenters. The van der Waals surface area contributed by atoms with Crippen molar-refractivity contribution < 1.29 is 18.8 Å². The van der Waals surface area contributed by atoms with Crippen molar-refractivity contribution in [1.82, 2.24) is 15.5 Å². The van der Waals surface area contributed by atoms with Gasteiger partial charge in [0.05, 0.1) is 19.3 Å². The van der Waals surface area contributed by atoms with Crippen LogP contribution in [-0.2, 0) is 0 Å². The van der Waals surface area contributed by atoms with E-state index in [2.05, 4.69) is 15.5 Å². The zero-order chi connectivity index (χ0) is 19.2. The van der Waals surface area contributed by atoms with Gasteiger partial charge in [-0.15, -0.1) is 0 Å². The Labute approximate surface area is 157 Å². The van der Waals surface area contributed by atoms with E-state index in [1.165, 1.54) is 0 Å². The summed E-state index contributed by atoms with van der Waals surface area (Å²) >= 11 is 0. The largest absolute Gasteiger partial charge is 0.497 e. The Morgan fingerprint density at radius 3 is 2.63 bits per heavy atom. The van der Waals surface area contributed by atoms with Gasteiger partial charge in [-0.05, 0) is 50.2 Å². The van der Waals surface area contributed by atoms with E-state index in [1.54, 1.807) is 32.2 Å². The molecular formula is C20H21N3O4. The number of ether oxygens (including phenoxy) is 2. The molecule has 0 saturated heterocycles. The lowest BCUT2D eigenvalue weighted by atomic mass is 10.1. The van der Waals surface area contributed by atoms with Gasteiger partial charge in [0.2, 0.25) is 11.7 Å². The Morgan fingerprint density at radius 2 is 1.93 bits per heavy atom. The molecule has 7 heteroatoms. The number of carbonyl (C=O) groups is 1. The molecule has 0 fully saturated rings. The molecule has 0 aliphatic heterocycles. The average Bonchev–Trinajstić information content (AvgIpc) is 3.19. The van der Waals surface area contributed by atoms with Gasteiger partial charge in [0.1, 0.15) is 17.5 Å². The van der Waals surface area contributed by atoms with Gasteiger partial charge in [0, 0.05) is 5.56 Å². The minimum atomic E-state index is -0.452. The molecule has 3 rings (SSSR count). The van der Waals surface area contributed by atoms with E-state index in [4.69, 9.17) is 14.0 Å². The molecule has 0 radical (unpaired) electrons. The minimum Gasteiger partial charge on any atom is -0.497 e. The first-order valence-electron chi connectivity index (χ1n) is 8.63. The van der Waals surface area contributed by atoms with Crippen LogP contribution in [0, 0.1) is 0 Å². The number of carbonyl (C=O) groups excluding carboxylic acids is 1. The monoisotopic (exact) mass is 367 g/mol. The average molecular weight is 367 g/mol. The predicted molar refractivity (Wildman–Crippen MR) is 99.8 cm³/mol. The van der Waals surface area contributed by atoms with E-state index in [9.17, 15) is 4.79 Å². The number of hydrogen-bond acceptors (Lipinski definition) is 6. The van der Waals surface area contributed by atoms with E-state index in [1.807, 2.05) is 37.3 Å². The SMILES string of the molecule is CCOc1ccccc1C(=O)N[C@H](C)c1nc(-c2ccc(OC)cc2)no1. The molecule has 1 aromatic heterocycles. The van der Waals surface area contributed by atoms with E-state index in [0.29, 0.717) is 29.6 Å². The second-order valence-corrected chi connectivity index (χ2v) is 5.81. The van der Waals surface area contributed by atoms with Crippen LogP contribution < -0.4 is 14.8 Å². The van der Waals surface area contributed by atoms with Gasteiger partial charge in [-0.3, -0.25) is 4.79 Å². The molecule has 0 aliphatic carbocycles. The van der Waals surface area contributed by atoms with Crippen LogP contribution >= 0.6 is 0 Å². The van der Waals surface area contributed by atoms with Crippen molar-refractivity contribution in [1.29, 1.82) is 0 Å². The summed E-state index contributed by atoms with van der Waals surface area (Å²) in [5.41, 5.74) is 1.26. The van der Waals surface area contributed by atoms with Crippen molar-refractivity contribution in [2.45, 2.75) is 19.9 Å². The van der Waals surface area contributed by atoms with Crippen molar-refractivity contribution in [3.05, 3.63) is 60.0 Å². The molecule has 0 aliphatic rings. The van der Waals surface area contributed by atoms with Crippen LogP contribution in [0.1, 0.15) is 36.1 Å². The Morgan fingerprint density at radius 1 is 1.19 bits per heavy atom. The normalized spacial score (nSPS) is 11.7. The molecule has 1 N–H and O–H groups in total. The maximum absolute atomic E-state index is 12.6. The fourth-order valence-electron chi connectivity index (χ4n) is 2.54. The van der Waals surface area contributed by atoms with Crippen molar-refractivity contribution in [3.8, 4) is 22.9 Å². The second-order valence-electron chi connectivity index (χ2n) is 5.81. The molecule has 140 valence electrons.